The summed E-state index contributed by atoms with van der Waals surface area (Å²) in [5.74, 6) is 0. The summed E-state index contributed by atoms with van der Waals surface area (Å²) in [6, 6.07) is 3.91. The molecule has 18 heavy (non-hydrogen) atoms. The van der Waals surface area contributed by atoms with Crippen molar-refractivity contribution in [1.82, 2.24) is 9.97 Å². The van der Waals surface area contributed by atoms with Gasteiger partial charge in [-0.15, -0.1) is 0 Å². The van der Waals surface area contributed by atoms with Crippen molar-refractivity contribution >= 4 is 24.0 Å². The Labute approximate surface area is 108 Å². The number of nitrogens with zero attached hydrogens (tertiary/aromatic N) is 1. The van der Waals surface area contributed by atoms with Crippen LogP contribution in [0.4, 0.5) is 0 Å². The second kappa shape index (κ2) is 4.41. The lowest BCUT2D eigenvalue weighted by atomic mass is 9.83. The molecule has 0 unspecified atom stereocenters. The Kier molecular flexibility index (Phi) is 3.21. The summed E-state index contributed by atoms with van der Waals surface area (Å²) in [6.45, 7) is 7.29. The second-order valence-corrected chi connectivity index (χ2v) is 5.57. The molecule has 4 nitrogen and oxygen atoms in total. The van der Waals surface area contributed by atoms with Crippen LogP contribution in [0.5, 0.6) is 0 Å². The summed E-state index contributed by atoms with van der Waals surface area (Å²) in [4.78, 5) is 7.34. The molecular formula is C13H19BN2O2. The summed E-state index contributed by atoms with van der Waals surface area (Å²) in [6.07, 6.45) is 3.66. The van der Waals surface area contributed by atoms with Crippen LogP contribution in [-0.4, -0.2) is 33.8 Å². The number of rotatable bonds is 4. The number of fused-ring (bicyclic) bond motifs is 1. The SMILES string of the molecule is CC(C)(O)C(C)(C)OBc1c[nH]c2ncccc12. The zero-order valence-electron chi connectivity index (χ0n) is 11.3. The van der Waals surface area contributed by atoms with E-state index in [0.29, 0.717) is 7.48 Å². The molecule has 0 bridgehead atoms. The topological polar surface area (TPSA) is 58.1 Å². The third-order valence-electron chi connectivity index (χ3n) is 3.60. The number of hydrogen-bond acceptors (Lipinski definition) is 3. The van der Waals surface area contributed by atoms with Crippen molar-refractivity contribution in [3.8, 4) is 0 Å². The molecule has 0 fully saturated rings. The van der Waals surface area contributed by atoms with E-state index in [2.05, 4.69) is 9.97 Å². The van der Waals surface area contributed by atoms with Crippen molar-refractivity contribution in [3.05, 3.63) is 24.5 Å². The molecular weight excluding hydrogens is 227 g/mol. The molecule has 0 aromatic carbocycles. The molecule has 0 radical (unpaired) electrons. The van der Waals surface area contributed by atoms with Gasteiger partial charge in [0, 0.05) is 11.6 Å². The molecule has 0 aliphatic carbocycles. The van der Waals surface area contributed by atoms with E-state index in [-0.39, 0.29) is 0 Å². The monoisotopic (exact) mass is 246 g/mol. The Morgan fingerprint density at radius 2 is 2.06 bits per heavy atom. The van der Waals surface area contributed by atoms with E-state index in [9.17, 15) is 5.11 Å². The van der Waals surface area contributed by atoms with Gasteiger partial charge in [0.15, 0.2) is 0 Å². The Balaban J connectivity index is 2.16. The van der Waals surface area contributed by atoms with Gasteiger partial charge in [-0.3, -0.25) is 0 Å². The van der Waals surface area contributed by atoms with Gasteiger partial charge in [-0.2, -0.15) is 0 Å². The molecule has 0 amide bonds. The van der Waals surface area contributed by atoms with Gasteiger partial charge < -0.3 is 14.7 Å². The van der Waals surface area contributed by atoms with Gasteiger partial charge in [-0.05, 0) is 45.4 Å². The van der Waals surface area contributed by atoms with Crippen LogP contribution in [0.1, 0.15) is 27.7 Å². The van der Waals surface area contributed by atoms with E-state index in [1.165, 1.54) is 0 Å². The zero-order valence-corrected chi connectivity index (χ0v) is 11.3. The number of aromatic nitrogens is 2. The van der Waals surface area contributed by atoms with Crippen LogP contribution in [0, 0.1) is 0 Å². The normalized spacial score (nSPS) is 12.9. The fourth-order valence-electron chi connectivity index (χ4n) is 1.57. The first-order valence-corrected chi connectivity index (χ1v) is 6.08. The lowest BCUT2D eigenvalue weighted by Gasteiger charge is -2.37. The first-order valence-electron chi connectivity index (χ1n) is 6.08. The smallest absolute Gasteiger partial charge is 0.311 e. The zero-order chi connectivity index (χ0) is 13.4. The van der Waals surface area contributed by atoms with Crippen molar-refractivity contribution in [2.45, 2.75) is 38.9 Å². The number of H-pyrrole nitrogens is 1. The van der Waals surface area contributed by atoms with Gasteiger partial charge >= 0.3 is 7.48 Å². The Morgan fingerprint density at radius 3 is 2.72 bits per heavy atom. The highest BCUT2D eigenvalue weighted by Crippen LogP contribution is 2.24. The summed E-state index contributed by atoms with van der Waals surface area (Å²) >= 11 is 0. The van der Waals surface area contributed by atoms with Gasteiger partial charge in [0.2, 0.25) is 0 Å². The number of nitrogens with one attached hydrogen (secondary N) is 1. The van der Waals surface area contributed by atoms with Crippen LogP contribution in [-0.2, 0) is 4.65 Å². The first kappa shape index (κ1) is 13.1. The number of aromatic amines is 1. The quantitative estimate of drug-likeness (QED) is 0.794. The highest BCUT2D eigenvalue weighted by atomic mass is 16.5. The summed E-state index contributed by atoms with van der Waals surface area (Å²) < 4.78 is 5.85. The van der Waals surface area contributed by atoms with Crippen molar-refractivity contribution < 1.29 is 9.76 Å². The highest BCUT2D eigenvalue weighted by Gasteiger charge is 2.35. The maximum atomic E-state index is 10.0. The minimum atomic E-state index is -0.892. The van der Waals surface area contributed by atoms with Gasteiger partial charge in [0.05, 0.1) is 11.2 Å². The Morgan fingerprint density at radius 1 is 1.33 bits per heavy atom. The predicted molar refractivity (Wildman–Crippen MR) is 74.3 cm³/mol. The summed E-state index contributed by atoms with van der Waals surface area (Å²) in [5.41, 5.74) is 0.406. The fraction of sp³-hybridized carbons (Fsp3) is 0.462. The number of pyridine rings is 1. The minimum absolute atomic E-state index is 0.447. The molecule has 0 atom stereocenters. The highest BCUT2D eigenvalue weighted by molar-refractivity contribution is 6.51. The average Bonchev–Trinajstić information content (AvgIpc) is 2.68. The molecule has 0 saturated heterocycles. The van der Waals surface area contributed by atoms with Gasteiger partial charge in [-0.1, -0.05) is 6.07 Å². The standard InChI is InChI=1S/C13H19BN2O2/c1-12(2,17)13(3,4)18-14-10-8-16-11-9(10)6-5-7-15-11/h5-8,14,17H,1-4H3,(H,15,16). The van der Waals surface area contributed by atoms with E-state index < -0.39 is 11.2 Å². The molecule has 0 spiro atoms. The lowest BCUT2D eigenvalue weighted by molar-refractivity contribution is -0.0893. The third kappa shape index (κ3) is 2.42. The van der Waals surface area contributed by atoms with Crippen molar-refractivity contribution in [1.29, 1.82) is 0 Å². The maximum absolute atomic E-state index is 10.0. The molecule has 2 heterocycles. The van der Waals surface area contributed by atoms with Crippen LogP contribution >= 0.6 is 0 Å². The molecule has 2 rings (SSSR count). The number of aliphatic hydroxyl groups is 1. The van der Waals surface area contributed by atoms with Crippen LogP contribution in [0.3, 0.4) is 0 Å². The summed E-state index contributed by atoms with van der Waals surface area (Å²) in [7, 11) is 0.447. The fourth-order valence-corrected chi connectivity index (χ4v) is 1.57. The summed E-state index contributed by atoms with van der Waals surface area (Å²) in [5, 5.41) is 11.1. The molecule has 2 aromatic rings. The van der Waals surface area contributed by atoms with Gasteiger partial charge in [0.25, 0.3) is 0 Å². The molecule has 0 saturated carbocycles. The van der Waals surface area contributed by atoms with E-state index >= 15 is 0 Å². The van der Waals surface area contributed by atoms with E-state index in [0.717, 1.165) is 16.5 Å². The van der Waals surface area contributed by atoms with Crippen molar-refractivity contribution in [3.63, 3.8) is 0 Å². The van der Waals surface area contributed by atoms with E-state index in [1.807, 2.05) is 32.2 Å². The Bertz CT molecular complexity index is 543. The van der Waals surface area contributed by atoms with Gasteiger partial charge in [-0.25, -0.2) is 4.98 Å². The second-order valence-electron chi connectivity index (χ2n) is 5.57. The Hall–Kier alpha value is -1.33. The van der Waals surface area contributed by atoms with Crippen LogP contribution in [0.15, 0.2) is 24.5 Å². The molecule has 96 valence electrons. The molecule has 0 aliphatic rings. The third-order valence-corrected chi connectivity index (χ3v) is 3.60. The van der Waals surface area contributed by atoms with Crippen LogP contribution in [0.25, 0.3) is 11.0 Å². The average molecular weight is 246 g/mol. The predicted octanol–water partition coefficient (Wildman–Crippen LogP) is 1.11. The van der Waals surface area contributed by atoms with E-state index in [4.69, 9.17) is 4.65 Å². The largest absolute Gasteiger partial charge is 0.427 e. The first-order chi connectivity index (χ1) is 8.31. The number of hydrogen-bond donors (Lipinski definition) is 2. The van der Waals surface area contributed by atoms with Crippen LogP contribution < -0.4 is 5.46 Å². The molecule has 2 aromatic heterocycles. The van der Waals surface area contributed by atoms with Crippen LogP contribution in [0.2, 0.25) is 0 Å². The van der Waals surface area contributed by atoms with E-state index in [1.54, 1.807) is 20.0 Å². The molecule has 5 heteroatoms. The van der Waals surface area contributed by atoms with Crippen molar-refractivity contribution in [2.24, 2.45) is 0 Å². The molecule has 2 N–H and O–H groups in total. The molecule has 0 aliphatic heterocycles. The minimum Gasteiger partial charge on any atom is -0.427 e. The lowest BCUT2D eigenvalue weighted by Crippen LogP contribution is -2.49. The van der Waals surface area contributed by atoms with Gasteiger partial charge in [0.1, 0.15) is 5.65 Å². The maximum Gasteiger partial charge on any atom is 0.311 e. The van der Waals surface area contributed by atoms with Crippen molar-refractivity contribution in [2.75, 3.05) is 0 Å².